The quantitative estimate of drug-likeness (QED) is 0.0867. The molecule has 1 N–H and O–H groups in total. The number of amides is 2. The number of ether oxygens (including phenoxy) is 1. The monoisotopic (exact) mass is 1030 g/mol. The van der Waals surface area contributed by atoms with Crippen LogP contribution in [-0.2, 0) is 35.5 Å². The average Bonchev–Trinajstić information content (AvgIpc) is 4.28. The second-order valence-corrected chi connectivity index (χ2v) is 22.1. The van der Waals surface area contributed by atoms with E-state index in [1.807, 2.05) is 118 Å². The minimum absolute atomic E-state index is 0.00661. The van der Waals surface area contributed by atoms with E-state index in [9.17, 15) is 19.5 Å². The molecule has 6 aromatic carbocycles. The molecule has 1 unspecified atom stereocenters. The first kappa shape index (κ1) is 49.9. The van der Waals surface area contributed by atoms with Gasteiger partial charge in [0.25, 0.3) is 11.8 Å². The van der Waals surface area contributed by atoms with Gasteiger partial charge in [-0.15, -0.1) is 10.2 Å². The number of benzene rings is 6. The summed E-state index contributed by atoms with van der Waals surface area (Å²) in [6, 6.07) is 30.6. The summed E-state index contributed by atoms with van der Waals surface area (Å²) in [6.07, 6.45) is 3.86. The van der Waals surface area contributed by atoms with E-state index in [0.717, 1.165) is 115 Å². The van der Waals surface area contributed by atoms with Gasteiger partial charge in [0, 0.05) is 53.7 Å². The predicted octanol–water partition coefficient (Wildman–Crippen LogP) is 11.2. The van der Waals surface area contributed by atoms with Crippen LogP contribution in [0.3, 0.4) is 0 Å². The van der Waals surface area contributed by atoms with E-state index in [1.54, 1.807) is 0 Å². The number of rotatable bonds is 13. The fraction of sp³-hybridized carbons (Fsp3) is 0.365. The molecular formula is C63H64N8O6. The number of carbonyl (C=O) groups excluding carboxylic acids is 3. The second kappa shape index (κ2) is 19.2. The van der Waals surface area contributed by atoms with Crippen molar-refractivity contribution in [2.45, 2.75) is 149 Å². The molecule has 5 heterocycles. The Balaban J connectivity index is 0.839. The Kier molecular flexibility index (Phi) is 12.4. The van der Waals surface area contributed by atoms with Gasteiger partial charge in [0.15, 0.2) is 0 Å². The fourth-order valence-electron chi connectivity index (χ4n) is 13.5. The van der Waals surface area contributed by atoms with E-state index >= 15 is 4.79 Å². The van der Waals surface area contributed by atoms with Crippen LogP contribution >= 0.6 is 0 Å². The van der Waals surface area contributed by atoms with Crippen LogP contribution in [-0.4, -0.2) is 80.7 Å². The molecule has 2 amide bonds. The number of aliphatic carboxylic acids is 1. The summed E-state index contributed by atoms with van der Waals surface area (Å²) in [7, 11) is 0. The molecule has 1 aliphatic carbocycles. The molecule has 12 rings (SSSR count). The largest absolute Gasteiger partial charge is 0.481 e. The molecule has 2 aromatic heterocycles. The number of carboxylic acid groups (broad SMARTS) is 1. The van der Waals surface area contributed by atoms with Gasteiger partial charge < -0.3 is 19.6 Å². The Morgan fingerprint density at radius 1 is 0.597 bits per heavy atom. The number of hydrogen-bond donors (Lipinski definition) is 1. The molecule has 0 spiro atoms. The Labute approximate surface area is 448 Å². The van der Waals surface area contributed by atoms with Crippen LogP contribution in [0.1, 0.15) is 168 Å². The predicted molar refractivity (Wildman–Crippen MR) is 293 cm³/mol. The smallest absolute Gasteiger partial charge is 0.312 e. The van der Waals surface area contributed by atoms with Gasteiger partial charge >= 0.3 is 11.9 Å². The molecule has 392 valence electrons. The van der Waals surface area contributed by atoms with Gasteiger partial charge in [0.05, 0.1) is 36.0 Å². The first-order valence-corrected chi connectivity index (χ1v) is 27.3. The molecule has 14 nitrogen and oxygen atoms in total. The molecule has 3 aliphatic heterocycles. The molecule has 0 radical (unpaired) electrons. The zero-order chi connectivity index (χ0) is 53.7. The lowest BCUT2D eigenvalue weighted by Gasteiger charge is -2.54. The van der Waals surface area contributed by atoms with Crippen LogP contribution in [0.4, 0.5) is 0 Å². The molecule has 6 atom stereocenters. The third-order valence-electron chi connectivity index (χ3n) is 17.6. The Hall–Kier alpha value is -8.00. The van der Waals surface area contributed by atoms with Crippen molar-refractivity contribution >= 4 is 45.8 Å². The van der Waals surface area contributed by atoms with Crippen LogP contribution in [0.2, 0.25) is 0 Å². The van der Waals surface area contributed by atoms with Gasteiger partial charge in [-0.3, -0.25) is 19.2 Å². The van der Waals surface area contributed by atoms with Crippen LogP contribution in [0.5, 0.6) is 5.75 Å². The zero-order valence-corrected chi connectivity index (χ0v) is 45.1. The number of carbonyl (C=O) groups is 4. The van der Waals surface area contributed by atoms with Crippen molar-refractivity contribution in [1.82, 2.24) is 39.8 Å². The van der Waals surface area contributed by atoms with Crippen LogP contribution < -0.4 is 4.74 Å². The summed E-state index contributed by atoms with van der Waals surface area (Å²) in [5, 5.41) is 28.1. The minimum atomic E-state index is -0.900. The Morgan fingerprint density at radius 2 is 1.16 bits per heavy atom. The van der Waals surface area contributed by atoms with Crippen LogP contribution in [0.25, 0.3) is 22.1 Å². The number of fused-ring (bicyclic) bond motifs is 10. The van der Waals surface area contributed by atoms with Crippen molar-refractivity contribution in [2.24, 2.45) is 0 Å². The normalized spacial score (nSPS) is 19.0. The number of esters is 1. The summed E-state index contributed by atoms with van der Waals surface area (Å²) >= 11 is 0. The maximum Gasteiger partial charge on any atom is 0.312 e. The Morgan fingerprint density at radius 3 is 1.77 bits per heavy atom. The highest BCUT2D eigenvalue weighted by Gasteiger charge is 2.48. The molecule has 4 aliphatic rings. The van der Waals surface area contributed by atoms with Crippen LogP contribution in [0.15, 0.2) is 91.0 Å². The highest BCUT2D eigenvalue weighted by molar-refractivity contribution is 5.98. The second-order valence-electron chi connectivity index (χ2n) is 22.1. The number of likely N-dealkylation sites (tertiary alicyclic amines) is 1. The standard InChI is InChI=1S/C63H64N8O6/c1-9-68-54-21-18-45(37(7)60(54)64-66-68)49(31-58(72)73)41-15-13-39-26-43-17-20-53(51(39)28-41)70(43)63(76)48-24-34(4)25-57(36(48)6)77-59(74)32-50(46-19-22-55-61(38(46)8)65-67-69(55)10-2)42-16-14-40-27-44-30-56(52(40)29-42)71(44)62(75)47-23-33(3)11-12-35(47)5/h11-16,18-19,21-25,28-29,43-44,49-50,53,56H,9-10,17,20,26-27,30-32H2,1-8H3,(H,72,73)/t43-,44+,49-,50+,53?,56+/m1/s1. The summed E-state index contributed by atoms with van der Waals surface area (Å²) in [4.78, 5) is 60.7. The molecule has 0 saturated carbocycles. The lowest BCUT2D eigenvalue weighted by molar-refractivity contribution is -0.137. The fourth-order valence-corrected chi connectivity index (χ4v) is 13.5. The Bertz CT molecular complexity index is 3780. The lowest BCUT2D eigenvalue weighted by Crippen LogP contribution is -2.57. The van der Waals surface area contributed by atoms with Crippen molar-refractivity contribution in [1.29, 1.82) is 0 Å². The summed E-state index contributed by atoms with van der Waals surface area (Å²) in [5.41, 5.74) is 18.1. The molecular weight excluding hydrogens is 965 g/mol. The molecule has 2 saturated heterocycles. The molecule has 4 bridgehead atoms. The summed E-state index contributed by atoms with van der Waals surface area (Å²) in [5.74, 6) is -1.92. The molecule has 77 heavy (non-hydrogen) atoms. The van der Waals surface area contributed by atoms with Gasteiger partial charge in [0.1, 0.15) is 16.8 Å². The highest BCUT2D eigenvalue weighted by Crippen LogP contribution is 2.50. The van der Waals surface area contributed by atoms with Crippen molar-refractivity contribution in [3.05, 3.63) is 180 Å². The van der Waals surface area contributed by atoms with Crippen molar-refractivity contribution < 1.29 is 29.0 Å². The van der Waals surface area contributed by atoms with E-state index in [4.69, 9.17) is 4.74 Å². The van der Waals surface area contributed by atoms with Crippen molar-refractivity contribution in [2.75, 3.05) is 0 Å². The lowest BCUT2D eigenvalue weighted by atomic mass is 9.73. The summed E-state index contributed by atoms with van der Waals surface area (Å²) < 4.78 is 10.1. The number of hydrogen-bond acceptors (Lipinski definition) is 9. The third-order valence-corrected chi connectivity index (χ3v) is 17.6. The maximum atomic E-state index is 15.2. The maximum absolute atomic E-state index is 15.2. The first-order valence-electron chi connectivity index (χ1n) is 27.3. The van der Waals surface area contributed by atoms with Gasteiger partial charge in [-0.1, -0.05) is 76.7 Å². The van der Waals surface area contributed by atoms with E-state index in [2.05, 4.69) is 68.0 Å². The number of aryl methyl sites for hydroxylation is 7. The topological polar surface area (TPSA) is 166 Å². The highest BCUT2D eigenvalue weighted by atomic mass is 16.5. The van der Waals surface area contributed by atoms with E-state index < -0.39 is 23.8 Å². The number of aromatic nitrogens is 6. The van der Waals surface area contributed by atoms with Gasteiger partial charge in [-0.05, 0) is 185 Å². The number of nitrogens with zero attached hydrogens (tertiary/aromatic N) is 8. The van der Waals surface area contributed by atoms with E-state index in [1.165, 1.54) is 11.1 Å². The SMILES string of the molecule is CCn1nnc2c(C)c([C@H](CC(=O)O)c3ccc4c(c3)C3CC[C@H](C4)N3C(=O)c3cc(C)cc(OC(=O)C[C@@H](c4ccc5c(c4)[C@@H]4C[C@H](C5)N4C(=O)c4cc(C)ccc4C)c4ccc5c(nnn5CC)c4C)c3C)ccc21. The first-order chi connectivity index (χ1) is 37.1. The average molecular weight is 1030 g/mol. The molecule has 2 fully saturated rings. The van der Waals surface area contributed by atoms with Gasteiger partial charge in [0.2, 0.25) is 0 Å². The number of carboxylic acids is 1. The van der Waals surface area contributed by atoms with Crippen molar-refractivity contribution in [3.63, 3.8) is 0 Å². The van der Waals surface area contributed by atoms with E-state index in [0.29, 0.717) is 36.4 Å². The van der Waals surface area contributed by atoms with Crippen LogP contribution in [0, 0.1) is 41.5 Å². The van der Waals surface area contributed by atoms with E-state index in [-0.39, 0.29) is 48.8 Å². The van der Waals surface area contributed by atoms with Gasteiger partial charge in [-0.25, -0.2) is 9.36 Å². The van der Waals surface area contributed by atoms with Crippen molar-refractivity contribution in [3.8, 4) is 5.75 Å². The zero-order valence-electron chi connectivity index (χ0n) is 45.1. The van der Waals surface area contributed by atoms with Gasteiger partial charge in [-0.2, -0.15) is 0 Å². The summed E-state index contributed by atoms with van der Waals surface area (Å²) in [6.45, 7) is 17.2. The third kappa shape index (κ3) is 8.38. The minimum Gasteiger partial charge on any atom is -0.481 e. The molecule has 14 heteroatoms. The molecule has 8 aromatic rings.